The Morgan fingerprint density at radius 3 is 2.60 bits per heavy atom. The second-order valence-electron chi connectivity index (χ2n) is 6.68. The van der Waals surface area contributed by atoms with Gasteiger partial charge in [0.1, 0.15) is 0 Å². The van der Waals surface area contributed by atoms with Crippen LogP contribution in [-0.2, 0) is 16.0 Å². The summed E-state index contributed by atoms with van der Waals surface area (Å²) in [6.45, 7) is 3.87. The van der Waals surface area contributed by atoms with E-state index < -0.39 is 0 Å². The van der Waals surface area contributed by atoms with E-state index in [1.54, 1.807) is 12.1 Å². The number of amides is 2. The fourth-order valence-electron chi connectivity index (χ4n) is 2.72. The van der Waals surface area contributed by atoms with Crippen molar-refractivity contribution in [2.24, 2.45) is 0 Å². The van der Waals surface area contributed by atoms with Crippen LogP contribution < -0.4 is 10.6 Å². The standard InChI is InChI=1S/C22H22ClN3O2S2/c1-3-19(21(28)26-22-24-14(2)13-29-22)30-18-6-4-5-17(12-18)25-20(27)11-15-7-9-16(23)10-8-15/h4-10,12-13,19H,3,11H2,1-2H3,(H,25,27)(H,24,26,28). The number of aryl methyl sites for hydroxylation is 1. The molecule has 30 heavy (non-hydrogen) atoms. The molecular weight excluding hydrogens is 438 g/mol. The van der Waals surface area contributed by atoms with E-state index in [0.717, 1.165) is 16.2 Å². The molecule has 2 amide bonds. The summed E-state index contributed by atoms with van der Waals surface area (Å²) >= 11 is 8.77. The van der Waals surface area contributed by atoms with Crippen molar-refractivity contribution in [3.05, 3.63) is 70.2 Å². The van der Waals surface area contributed by atoms with Crippen LogP contribution in [-0.4, -0.2) is 22.0 Å². The minimum atomic E-state index is -0.255. The van der Waals surface area contributed by atoms with E-state index >= 15 is 0 Å². The van der Waals surface area contributed by atoms with E-state index in [1.807, 2.05) is 55.6 Å². The predicted octanol–water partition coefficient (Wildman–Crippen LogP) is 5.80. The van der Waals surface area contributed by atoms with Crippen LogP contribution in [0.1, 0.15) is 24.6 Å². The van der Waals surface area contributed by atoms with Gasteiger partial charge in [-0.05, 0) is 49.2 Å². The maximum atomic E-state index is 12.6. The van der Waals surface area contributed by atoms with Crippen LogP contribution in [0.15, 0.2) is 58.8 Å². The number of nitrogens with one attached hydrogen (secondary N) is 2. The van der Waals surface area contributed by atoms with Gasteiger partial charge in [0, 0.05) is 21.0 Å². The Morgan fingerprint density at radius 2 is 1.93 bits per heavy atom. The number of rotatable bonds is 8. The minimum Gasteiger partial charge on any atom is -0.326 e. The number of thioether (sulfide) groups is 1. The van der Waals surface area contributed by atoms with Gasteiger partial charge in [-0.1, -0.05) is 36.7 Å². The van der Waals surface area contributed by atoms with Gasteiger partial charge in [0.25, 0.3) is 0 Å². The van der Waals surface area contributed by atoms with Crippen LogP contribution in [0.4, 0.5) is 10.8 Å². The van der Waals surface area contributed by atoms with E-state index in [0.29, 0.717) is 22.3 Å². The van der Waals surface area contributed by atoms with E-state index in [4.69, 9.17) is 11.6 Å². The zero-order valence-electron chi connectivity index (χ0n) is 16.6. The smallest absolute Gasteiger partial charge is 0.239 e. The molecule has 3 aromatic rings. The third-order valence-corrected chi connectivity index (χ3v) is 6.67. The SMILES string of the molecule is CCC(Sc1cccc(NC(=O)Cc2ccc(Cl)cc2)c1)C(=O)Nc1nc(C)cs1. The zero-order chi connectivity index (χ0) is 21.5. The molecule has 0 radical (unpaired) electrons. The number of hydrogen-bond donors (Lipinski definition) is 2. The molecule has 1 aromatic heterocycles. The van der Waals surface area contributed by atoms with Crippen LogP contribution >= 0.6 is 34.7 Å². The largest absolute Gasteiger partial charge is 0.326 e. The van der Waals surface area contributed by atoms with Gasteiger partial charge in [0.05, 0.1) is 17.4 Å². The van der Waals surface area contributed by atoms with Gasteiger partial charge in [-0.3, -0.25) is 9.59 Å². The normalized spacial score (nSPS) is 11.7. The quantitative estimate of drug-likeness (QED) is 0.418. The fourth-order valence-corrected chi connectivity index (χ4v) is 4.55. The Morgan fingerprint density at radius 1 is 1.17 bits per heavy atom. The highest BCUT2D eigenvalue weighted by Crippen LogP contribution is 2.29. The Hall–Kier alpha value is -2.35. The lowest BCUT2D eigenvalue weighted by Gasteiger charge is -2.14. The molecule has 3 rings (SSSR count). The number of nitrogens with zero attached hydrogens (tertiary/aromatic N) is 1. The van der Waals surface area contributed by atoms with Crippen molar-refractivity contribution in [1.29, 1.82) is 0 Å². The zero-order valence-corrected chi connectivity index (χ0v) is 19.0. The lowest BCUT2D eigenvalue weighted by molar-refractivity contribution is -0.116. The molecule has 0 fully saturated rings. The van der Waals surface area contributed by atoms with Crippen LogP contribution in [0.3, 0.4) is 0 Å². The molecule has 1 atom stereocenters. The highest BCUT2D eigenvalue weighted by molar-refractivity contribution is 8.00. The van der Waals surface area contributed by atoms with Crippen molar-refractivity contribution in [2.45, 2.75) is 36.8 Å². The maximum Gasteiger partial charge on any atom is 0.239 e. The fraction of sp³-hybridized carbons (Fsp3) is 0.227. The second kappa shape index (κ2) is 10.6. The summed E-state index contributed by atoms with van der Waals surface area (Å²) < 4.78 is 0. The van der Waals surface area contributed by atoms with Crippen LogP contribution in [0.25, 0.3) is 0 Å². The number of hydrogen-bond acceptors (Lipinski definition) is 5. The molecule has 0 spiro atoms. The number of halogens is 1. The van der Waals surface area contributed by atoms with Crippen molar-refractivity contribution < 1.29 is 9.59 Å². The van der Waals surface area contributed by atoms with Gasteiger partial charge in [0.2, 0.25) is 11.8 Å². The molecular formula is C22H22ClN3O2S2. The average molecular weight is 460 g/mol. The predicted molar refractivity (Wildman–Crippen MR) is 126 cm³/mol. The van der Waals surface area contributed by atoms with Crippen molar-refractivity contribution in [1.82, 2.24) is 4.98 Å². The van der Waals surface area contributed by atoms with Gasteiger partial charge in [-0.15, -0.1) is 23.1 Å². The Bertz CT molecular complexity index is 1020. The summed E-state index contributed by atoms with van der Waals surface area (Å²) in [6, 6.07) is 14.7. The number of anilines is 2. The highest BCUT2D eigenvalue weighted by Gasteiger charge is 2.19. The van der Waals surface area contributed by atoms with Crippen LogP contribution in [0.5, 0.6) is 0 Å². The molecule has 2 aromatic carbocycles. The molecule has 0 aliphatic heterocycles. The Balaban J connectivity index is 1.59. The Kier molecular flexibility index (Phi) is 7.90. The van der Waals surface area contributed by atoms with E-state index in [9.17, 15) is 9.59 Å². The van der Waals surface area contributed by atoms with Crippen LogP contribution in [0, 0.1) is 6.92 Å². The summed E-state index contributed by atoms with van der Waals surface area (Å²) in [6.07, 6.45) is 0.940. The van der Waals surface area contributed by atoms with Gasteiger partial charge in [0.15, 0.2) is 5.13 Å². The molecule has 156 valence electrons. The minimum absolute atomic E-state index is 0.0750. The second-order valence-corrected chi connectivity index (χ2v) is 9.25. The van der Waals surface area contributed by atoms with E-state index in [-0.39, 0.29) is 23.5 Å². The Labute approximate surface area is 189 Å². The topological polar surface area (TPSA) is 71.1 Å². The molecule has 0 saturated heterocycles. The molecule has 0 aliphatic rings. The summed E-state index contributed by atoms with van der Waals surface area (Å²) in [5.41, 5.74) is 2.48. The molecule has 8 heteroatoms. The third-order valence-electron chi connectivity index (χ3n) is 4.19. The van der Waals surface area contributed by atoms with E-state index in [2.05, 4.69) is 15.6 Å². The first-order valence-electron chi connectivity index (χ1n) is 9.47. The molecule has 0 bridgehead atoms. The first-order valence-corrected chi connectivity index (χ1v) is 11.6. The lowest BCUT2D eigenvalue weighted by atomic mass is 10.1. The number of aromatic nitrogens is 1. The summed E-state index contributed by atoms with van der Waals surface area (Å²) in [4.78, 5) is 30.1. The summed E-state index contributed by atoms with van der Waals surface area (Å²) in [7, 11) is 0. The number of carbonyl (C=O) groups excluding carboxylic acids is 2. The maximum absolute atomic E-state index is 12.6. The molecule has 0 aliphatic carbocycles. The molecule has 5 nitrogen and oxygen atoms in total. The molecule has 1 unspecified atom stereocenters. The highest BCUT2D eigenvalue weighted by atomic mass is 35.5. The first-order chi connectivity index (χ1) is 14.4. The number of thiazole rings is 1. The summed E-state index contributed by atoms with van der Waals surface area (Å²) in [5.74, 6) is -0.183. The first kappa shape index (κ1) is 22.3. The van der Waals surface area contributed by atoms with Crippen molar-refractivity contribution in [3.63, 3.8) is 0 Å². The molecule has 1 heterocycles. The molecule has 0 saturated carbocycles. The monoisotopic (exact) mass is 459 g/mol. The number of carbonyl (C=O) groups is 2. The van der Waals surface area contributed by atoms with Crippen molar-refractivity contribution >= 4 is 57.3 Å². The summed E-state index contributed by atoms with van der Waals surface area (Å²) in [5, 5.41) is 8.70. The van der Waals surface area contributed by atoms with Crippen LogP contribution in [0.2, 0.25) is 5.02 Å². The third kappa shape index (κ3) is 6.58. The van der Waals surface area contributed by atoms with Crippen molar-refractivity contribution in [3.8, 4) is 0 Å². The number of benzene rings is 2. The van der Waals surface area contributed by atoms with Gasteiger partial charge < -0.3 is 10.6 Å². The lowest BCUT2D eigenvalue weighted by Crippen LogP contribution is -2.24. The van der Waals surface area contributed by atoms with E-state index in [1.165, 1.54) is 23.1 Å². The molecule has 2 N–H and O–H groups in total. The van der Waals surface area contributed by atoms with Crippen molar-refractivity contribution in [2.75, 3.05) is 10.6 Å². The van der Waals surface area contributed by atoms with Gasteiger partial charge in [-0.2, -0.15) is 0 Å². The van der Waals surface area contributed by atoms with Gasteiger partial charge >= 0.3 is 0 Å². The average Bonchev–Trinajstić information content (AvgIpc) is 3.12. The van der Waals surface area contributed by atoms with Gasteiger partial charge in [-0.25, -0.2) is 4.98 Å².